The third-order valence-electron chi connectivity index (χ3n) is 8.70. The lowest BCUT2D eigenvalue weighted by Gasteiger charge is -2.53. The van der Waals surface area contributed by atoms with Gasteiger partial charge in [0, 0.05) is 74.5 Å². The van der Waals surface area contributed by atoms with E-state index in [4.69, 9.17) is 14.2 Å². The van der Waals surface area contributed by atoms with E-state index in [9.17, 15) is 24.3 Å². The summed E-state index contributed by atoms with van der Waals surface area (Å²) in [5.74, 6) is -3.00. The monoisotopic (exact) mass is 536 g/mol. The second-order valence-electron chi connectivity index (χ2n) is 11.0. The van der Waals surface area contributed by atoms with Crippen LogP contribution in [-0.2, 0) is 39.9 Å². The van der Waals surface area contributed by atoms with Crippen LogP contribution in [0.15, 0.2) is 58.8 Å². The molecular weight excluding hydrogens is 504 g/mol. The van der Waals surface area contributed by atoms with Gasteiger partial charge in [-0.1, -0.05) is 13.0 Å². The number of pyridine rings is 1. The van der Waals surface area contributed by atoms with Gasteiger partial charge in [0.2, 0.25) is 5.78 Å². The van der Waals surface area contributed by atoms with E-state index in [0.29, 0.717) is 18.5 Å². The maximum Gasteiger partial charge on any atom is 0.340 e. The van der Waals surface area contributed by atoms with E-state index >= 15 is 0 Å². The Bertz CT molecular complexity index is 1350. The number of cyclic esters (lactones) is 1. The van der Waals surface area contributed by atoms with Gasteiger partial charge < -0.3 is 24.6 Å². The van der Waals surface area contributed by atoms with Crippen molar-refractivity contribution in [1.82, 2.24) is 10.3 Å². The number of fused-ring (bicyclic) bond motifs is 4. The Balaban J connectivity index is 1.68. The highest BCUT2D eigenvalue weighted by molar-refractivity contribution is 6.14. The molecule has 39 heavy (non-hydrogen) atoms. The Morgan fingerprint density at radius 2 is 2.08 bits per heavy atom. The number of allylic oxidation sites excluding steroid dienone is 1. The molecule has 1 saturated heterocycles. The van der Waals surface area contributed by atoms with Crippen LogP contribution in [0.25, 0.3) is 0 Å². The van der Waals surface area contributed by atoms with Crippen molar-refractivity contribution in [1.29, 1.82) is 0 Å². The molecule has 0 radical (unpaired) electrons. The number of hydrogen-bond acceptors (Lipinski definition) is 10. The number of ether oxygens (including phenoxy) is 3. The standard InChI is InChI=1S/C29H32N2O8/c1-15(32)38-19-10-28(2)18(7-8-20(28)33)22-24(19)29(3)21(14-37-4)39-27(36)17(23(29)26(35)25(22)34)13-31-12-16-6-5-9-30-11-16/h5-6,9,11,13,18-19,21,31,35H,7-8,10,12,14H2,1-4H3/b17-13-/t18-,19+,21+,28-,29-/m0/s1. The van der Waals surface area contributed by atoms with Gasteiger partial charge in [-0.2, -0.15) is 0 Å². The maximum atomic E-state index is 13.9. The Kier molecular flexibility index (Phi) is 6.70. The van der Waals surface area contributed by atoms with Crippen molar-refractivity contribution in [3.8, 4) is 0 Å². The van der Waals surface area contributed by atoms with Crippen LogP contribution in [0.2, 0.25) is 0 Å². The Morgan fingerprint density at radius 3 is 2.74 bits per heavy atom. The predicted molar refractivity (Wildman–Crippen MR) is 137 cm³/mol. The number of aliphatic hydroxyl groups excluding tert-OH is 1. The quantitative estimate of drug-likeness (QED) is 0.412. The number of rotatable bonds is 6. The molecule has 0 bridgehead atoms. The van der Waals surface area contributed by atoms with Crippen LogP contribution in [-0.4, -0.2) is 59.5 Å². The predicted octanol–water partition coefficient (Wildman–Crippen LogP) is 2.65. The second kappa shape index (κ2) is 9.75. The van der Waals surface area contributed by atoms with E-state index < -0.39 is 52.4 Å². The lowest BCUT2D eigenvalue weighted by atomic mass is 9.53. The van der Waals surface area contributed by atoms with Gasteiger partial charge in [-0.3, -0.25) is 19.4 Å². The molecule has 206 valence electrons. The molecule has 0 aromatic carbocycles. The average molecular weight is 537 g/mol. The topological polar surface area (TPSA) is 141 Å². The van der Waals surface area contributed by atoms with Gasteiger partial charge >= 0.3 is 11.9 Å². The van der Waals surface area contributed by atoms with Crippen molar-refractivity contribution >= 4 is 23.5 Å². The minimum atomic E-state index is -1.27. The summed E-state index contributed by atoms with van der Waals surface area (Å²) in [6, 6.07) is 3.65. The number of ketones is 2. The van der Waals surface area contributed by atoms with Crippen molar-refractivity contribution in [2.75, 3.05) is 13.7 Å². The number of hydrogen-bond donors (Lipinski definition) is 2. The number of carbonyl (C=O) groups is 4. The van der Waals surface area contributed by atoms with Crippen LogP contribution in [0.4, 0.5) is 0 Å². The molecule has 0 amide bonds. The number of methoxy groups -OCH3 is 1. The van der Waals surface area contributed by atoms with Crippen LogP contribution in [0.5, 0.6) is 0 Å². The molecule has 0 unspecified atom stereocenters. The van der Waals surface area contributed by atoms with E-state index in [0.717, 1.165) is 5.56 Å². The van der Waals surface area contributed by atoms with E-state index in [-0.39, 0.29) is 42.0 Å². The number of carbonyl (C=O) groups excluding carboxylic acids is 4. The Morgan fingerprint density at radius 1 is 1.31 bits per heavy atom. The molecule has 0 spiro atoms. The van der Waals surface area contributed by atoms with Gasteiger partial charge in [-0.05, 0) is 30.5 Å². The molecule has 5 rings (SSSR count). The molecule has 2 N–H and O–H groups in total. The third-order valence-corrected chi connectivity index (χ3v) is 8.70. The van der Waals surface area contributed by atoms with Gasteiger partial charge in [0.25, 0.3) is 0 Å². The first-order valence-electron chi connectivity index (χ1n) is 13.0. The highest BCUT2D eigenvalue weighted by Crippen LogP contribution is 2.62. The molecule has 2 heterocycles. The molecule has 1 aromatic rings. The number of nitrogens with one attached hydrogen (secondary N) is 1. The van der Waals surface area contributed by atoms with Gasteiger partial charge in [-0.15, -0.1) is 0 Å². The number of nitrogens with zero attached hydrogens (tertiary/aromatic N) is 1. The minimum Gasteiger partial charge on any atom is -0.504 e. The highest BCUT2D eigenvalue weighted by Gasteiger charge is 2.64. The van der Waals surface area contributed by atoms with Crippen LogP contribution in [0.1, 0.15) is 45.6 Å². The zero-order valence-corrected chi connectivity index (χ0v) is 22.4. The first-order chi connectivity index (χ1) is 18.5. The fraction of sp³-hybridized carbons (Fsp3) is 0.483. The molecule has 1 aromatic heterocycles. The average Bonchev–Trinajstić information content (AvgIpc) is 3.18. The number of esters is 2. The van der Waals surface area contributed by atoms with Crippen molar-refractivity contribution in [3.63, 3.8) is 0 Å². The third kappa shape index (κ3) is 4.09. The molecule has 3 aliphatic carbocycles. The summed E-state index contributed by atoms with van der Waals surface area (Å²) in [6.45, 7) is 5.13. The molecule has 1 saturated carbocycles. The summed E-state index contributed by atoms with van der Waals surface area (Å²) in [4.78, 5) is 56.6. The van der Waals surface area contributed by atoms with Crippen LogP contribution >= 0.6 is 0 Å². The Hall–Kier alpha value is -3.79. The van der Waals surface area contributed by atoms with E-state index in [1.807, 2.05) is 6.07 Å². The summed E-state index contributed by atoms with van der Waals surface area (Å²) in [6.07, 6.45) is 3.80. The summed E-state index contributed by atoms with van der Waals surface area (Å²) in [5.41, 5.74) is -0.529. The van der Waals surface area contributed by atoms with Crippen molar-refractivity contribution < 1.29 is 38.5 Å². The van der Waals surface area contributed by atoms with Crippen LogP contribution in [0, 0.1) is 16.7 Å². The number of Topliss-reactive ketones (excluding diaryl/α,β-unsaturated/α-hetero) is 2. The zero-order valence-electron chi connectivity index (χ0n) is 22.4. The zero-order chi connectivity index (χ0) is 28.1. The molecule has 10 nitrogen and oxygen atoms in total. The lowest BCUT2D eigenvalue weighted by Crippen LogP contribution is -2.57. The normalized spacial score (nSPS) is 33.0. The van der Waals surface area contributed by atoms with E-state index in [1.165, 1.54) is 20.2 Å². The van der Waals surface area contributed by atoms with Gasteiger partial charge in [-0.25, -0.2) is 4.79 Å². The fourth-order valence-electron chi connectivity index (χ4n) is 6.87. The smallest absolute Gasteiger partial charge is 0.340 e. The Labute approximate surface area is 226 Å². The van der Waals surface area contributed by atoms with Crippen molar-refractivity contribution in [3.05, 3.63) is 64.3 Å². The second-order valence-corrected chi connectivity index (χ2v) is 11.0. The van der Waals surface area contributed by atoms with Gasteiger partial charge in [0.1, 0.15) is 18.0 Å². The van der Waals surface area contributed by atoms with Crippen LogP contribution < -0.4 is 5.32 Å². The van der Waals surface area contributed by atoms with E-state index in [1.54, 1.807) is 32.3 Å². The SMILES string of the molecule is COC[C@H]1OC(=O)/C(=C\NCc2cccnc2)C2=C(O)C(=O)C3=C([C@H](OC(C)=O)C[C@]4(C)C(=O)CC[C@@H]34)[C@]21C. The summed E-state index contributed by atoms with van der Waals surface area (Å²) < 4.78 is 17.1. The molecule has 4 aliphatic rings. The highest BCUT2D eigenvalue weighted by atomic mass is 16.6. The summed E-state index contributed by atoms with van der Waals surface area (Å²) >= 11 is 0. The largest absolute Gasteiger partial charge is 0.504 e. The van der Waals surface area contributed by atoms with Gasteiger partial charge in [0.15, 0.2) is 5.76 Å². The summed E-state index contributed by atoms with van der Waals surface area (Å²) in [7, 11) is 1.46. The molecule has 10 heteroatoms. The van der Waals surface area contributed by atoms with Crippen molar-refractivity contribution in [2.24, 2.45) is 16.7 Å². The number of aromatic nitrogens is 1. The first kappa shape index (κ1) is 26.8. The lowest BCUT2D eigenvalue weighted by molar-refractivity contribution is -0.160. The molecule has 2 fully saturated rings. The van der Waals surface area contributed by atoms with Crippen molar-refractivity contribution in [2.45, 2.75) is 58.8 Å². The first-order valence-corrected chi connectivity index (χ1v) is 13.0. The number of aliphatic hydroxyl groups is 1. The maximum absolute atomic E-state index is 13.9. The molecule has 5 atom stereocenters. The minimum absolute atomic E-state index is 0.00729. The van der Waals surface area contributed by atoms with Gasteiger partial charge in [0.05, 0.1) is 17.6 Å². The van der Waals surface area contributed by atoms with E-state index in [2.05, 4.69) is 10.3 Å². The summed E-state index contributed by atoms with van der Waals surface area (Å²) in [5, 5.41) is 14.5. The molecular formula is C29H32N2O8. The fourth-order valence-corrected chi connectivity index (χ4v) is 6.87. The molecule has 1 aliphatic heterocycles. The van der Waals surface area contributed by atoms with Crippen LogP contribution in [0.3, 0.4) is 0 Å².